The molecule has 46 nitrogen and oxygen atoms in total. The lowest BCUT2D eigenvalue weighted by atomic mass is 9.97. The molecule has 1 aromatic heterocycles. The molecule has 0 unspecified atom stereocenters. The van der Waals surface area contributed by atoms with Crippen molar-refractivity contribution in [2.24, 2.45) is 23.1 Å². The fourth-order valence-electron chi connectivity index (χ4n) is 11.2. The van der Waals surface area contributed by atoms with Crippen LogP contribution in [-0.4, -0.2) is 300 Å². The number of aliphatic hydroxyl groups excluding tert-OH is 2. The van der Waals surface area contributed by atoms with Gasteiger partial charge in [-0.3, -0.25) is 91.7 Å². The number of aliphatic carboxylic acids is 4. The molecule has 0 aliphatic carbocycles. The number of imidazole rings is 1. The Morgan fingerprint density at radius 2 is 1.08 bits per heavy atom. The number of nitrogens with zero attached hydrogens (tertiary/aromatic N) is 2. The van der Waals surface area contributed by atoms with Crippen LogP contribution in [0, 0.1) is 11.3 Å². The zero-order chi connectivity index (χ0) is 86.9. The molecule has 1 aliphatic rings. The van der Waals surface area contributed by atoms with E-state index in [1.807, 2.05) is 5.32 Å². The Morgan fingerprint density at radius 1 is 0.578 bits per heavy atom. The summed E-state index contributed by atoms with van der Waals surface area (Å²) in [6.45, 7) is -0.242. The average Bonchev–Trinajstić information content (AvgIpc) is 1.68. The highest BCUT2D eigenvalue weighted by atomic mass is 32.2. The second-order valence-corrected chi connectivity index (χ2v) is 27.9. The number of guanidine groups is 1. The first-order valence-electron chi connectivity index (χ1n) is 36.4. The van der Waals surface area contributed by atoms with Crippen LogP contribution in [0.25, 0.3) is 0 Å². The third-order valence-electron chi connectivity index (χ3n) is 17.7. The predicted octanol–water partition coefficient (Wildman–Crippen LogP) is -9.78. The molecule has 48 heteroatoms. The van der Waals surface area contributed by atoms with Crippen molar-refractivity contribution >= 4 is 143 Å². The topological polar surface area (TPSA) is 748 Å². The molecule has 116 heavy (non-hydrogen) atoms. The van der Waals surface area contributed by atoms with Gasteiger partial charge >= 0.3 is 23.9 Å². The van der Waals surface area contributed by atoms with E-state index in [0.717, 1.165) is 16.7 Å². The van der Waals surface area contributed by atoms with Crippen molar-refractivity contribution in [3.63, 3.8) is 0 Å². The predicted molar refractivity (Wildman–Crippen MR) is 409 cm³/mol. The van der Waals surface area contributed by atoms with Gasteiger partial charge < -0.3 is 132 Å². The number of likely N-dealkylation sites (tertiary alicyclic amines) is 1. The van der Waals surface area contributed by atoms with Gasteiger partial charge in [-0.25, -0.2) is 9.78 Å². The second-order valence-electron chi connectivity index (χ2n) is 26.6. The Balaban J connectivity index is 1.77. The smallest absolute Gasteiger partial charge is 0.328 e. The number of hydrogen-bond donors (Lipinski definition) is 26. The number of thioether (sulfide) groups is 1. The van der Waals surface area contributed by atoms with E-state index >= 15 is 0 Å². The Morgan fingerprint density at radius 3 is 1.59 bits per heavy atom. The fraction of sp³-hybridized carbons (Fsp3) is 0.574. The number of carboxylic acid groups (broad SMARTS) is 4. The van der Waals surface area contributed by atoms with Crippen LogP contribution in [0.2, 0.25) is 0 Å². The van der Waals surface area contributed by atoms with Crippen LogP contribution < -0.4 is 91.6 Å². The molecule has 15 amide bonds. The van der Waals surface area contributed by atoms with E-state index in [1.54, 1.807) is 50.4 Å². The number of nitrogens with one attached hydrogen (secondary N) is 16. The lowest BCUT2D eigenvalue weighted by Gasteiger charge is -2.28. The summed E-state index contributed by atoms with van der Waals surface area (Å²) in [7, 11) is 0. The molecule has 0 bridgehead atoms. The second kappa shape index (κ2) is 51.1. The molecule has 1 aromatic carbocycles. The number of carbonyl (C=O) groups excluding carboxylic acids is 15. The Kier molecular flexibility index (Phi) is 43.4. The van der Waals surface area contributed by atoms with Gasteiger partial charge in [0.25, 0.3) is 0 Å². The number of nitrogens with two attached hydrogens (primary N) is 3. The maximum absolute atomic E-state index is 14.5. The van der Waals surface area contributed by atoms with Crippen LogP contribution in [0.4, 0.5) is 0 Å². The Labute approximate surface area is 673 Å². The summed E-state index contributed by atoms with van der Waals surface area (Å²) in [5.74, 6) is -23.9. The summed E-state index contributed by atoms with van der Waals surface area (Å²) >= 11 is 5.21. The zero-order valence-electron chi connectivity index (χ0n) is 63.6. The first-order valence-corrected chi connectivity index (χ1v) is 38.4. The number of rotatable bonds is 54. The minimum atomic E-state index is -2.11. The molecule has 0 radical (unpaired) electrons. The van der Waals surface area contributed by atoms with Gasteiger partial charge in [-0.15, -0.1) is 0 Å². The average molecular weight is 1680 g/mol. The van der Waals surface area contributed by atoms with Gasteiger partial charge in [0.15, 0.2) is 5.96 Å². The van der Waals surface area contributed by atoms with Gasteiger partial charge in [-0.1, -0.05) is 50.6 Å². The Bertz CT molecular complexity index is 3770. The summed E-state index contributed by atoms with van der Waals surface area (Å²) in [6.07, 6.45) is -0.553. The number of thiol groups is 1. The third-order valence-corrected chi connectivity index (χ3v) is 18.7. The molecule has 642 valence electrons. The number of aromatic nitrogens is 2. The van der Waals surface area contributed by atoms with Gasteiger partial charge in [0.1, 0.15) is 72.5 Å². The molecular formula is C68H103N21O25S2. The molecule has 1 saturated heterocycles. The highest BCUT2D eigenvalue weighted by Gasteiger charge is 2.40. The van der Waals surface area contributed by atoms with Crippen LogP contribution in [0.3, 0.4) is 0 Å². The summed E-state index contributed by atoms with van der Waals surface area (Å²) in [5.41, 5.74) is 17.2. The number of carbonyl (C=O) groups is 19. The minimum Gasteiger partial charge on any atom is -0.481 e. The summed E-state index contributed by atoms with van der Waals surface area (Å²) in [5, 5.41) is 98.0. The number of H-pyrrole nitrogens is 1. The monoisotopic (exact) mass is 1680 g/mol. The summed E-state index contributed by atoms with van der Waals surface area (Å²) in [6, 6.07) is -13.9. The van der Waals surface area contributed by atoms with Gasteiger partial charge in [0.2, 0.25) is 88.6 Å². The van der Waals surface area contributed by atoms with E-state index in [2.05, 4.69) is 91.7 Å². The van der Waals surface area contributed by atoms with Crippen LogP contribution in [0.15, 0.2) is 42.9 Å². The molecule has 1 fully saturated rings. The third kappa shape index (κ3) is 35.3. The van der Waals surface area contributed by atoms with Crippen LogP contribution in [0.5, 0.6) is 0 Å². The van der Waals surface area contributed by atoms with Crippen molar-refractivity contribution in [3.05, 3.63) is 54.1 Å². The van der Waals surface area contributed by atoms with Crippen LogP contribution in [0.1, 0.15) is 102 Å². The van der Waals surface area contributed by atoms with E-state index in [9.17, 15) is 122 Å². The van der Waals surface area contributed by atoms with Crippen molar-refractivity contribution in [2.45, 2.75) is 182 Å². The fourth-order valence-corrected chi connectivity index (χ4v) is 11.9. The maximum atomic E-state index is 14.5. The molecule has 2 heterocycles. The van der Waals surface area contributed by atoms with Crippen molar-refractivity contribution in [1.29, 1.82) is 5.41 Å². The summed E-state index contributed by atoms with van der Waals surface area (Å²) < 4.78 is 0. The number of carboxylic acids is 4. The normalized spacial score (nSPS) is 15.6. The molecule has 3 rings (SSSR count). The van der Waals surface area contributed by atoms with E-state index in [-0.39, 0.29) is 62.6 Å². The van der Waals surface area contributed by atoms with Gasteiger partial charge in [-0.2, -0.15) is 24.4 Å². The van der Waals surface area contributed by atoms with E-state index in [0.29, 0.717) is 18.4 Å². The number of hydrogen-bond acceptors (Lipinski definition) is 26. The van der Waals surface area contributed by atoms with E-state index < -0.39 is 274 Å². The van der Waals surface area contributed by atoms with E-state index in [1.165, 1.54) is 12.5 Å². The lowest BCUT2D eigenvalue weighted by molar-refractivity contribution is -0.144. The number of amides is 15. The van der Waals surface area contributed by atoms with Crippen molar-refractivity contribution in [2.75, 3.05) is 57.2 Å². The number of aliphatic hydroxyl groups is 2. The number of aromatic amines is 1. The van der Waals surface area contributed by atoms with Gasteiger partial charge in [0, 0.05) is 50.7 Å². The molecule has 28 N–H and O–H groups in total. The first kappa shape index (κ1) is 98.4. The highest BCUT2D eigenvalue weighted by Crippen LogP contribution is 2.19. The van der Waals surface area contributed by atoms with Crippen molar-refractivity contribution < 1.29 is 122 Å². The number of primary amides is 1. The zero-order valence-corrected chi connectivity index (χ0v) is 65.3. The lowest BCUT2D eigenvalue weighted by Crippen LogP contribution is -2.61. The largest absolute Gasteiger partial charge is 0.481 e. The van der Waals surface area contributed by atoms with Gasteiger partial charge in [0.05, 0.1) is 57.2 Å². The van der Waals surface area contributed by atoms with Gasteiger partial charge in [-0.05, 0) is 68.4 Å². The maximum Gasteiger partial charge on any atom is 0.328 e. The molecule has 2 aromatic rings. The standard InChI is InChI=1S/C68H103N21O25S2/c1-4-33(2)54(88-55(101)36(69)12-8-19-74-68(71)72)66(112)76-28-50(94)89-20-9-13-47(89)65(111)85-42(24-48(70)92)56(102)75-27-49(93)78-46(31-115)64(110)84-43(25-53(99)100)62(108)86-44(29-90)63(109)81-39(18-21-116-3)59(105)79-37(14-16-51(95)96)57(103)82-40(22-34-10-6-5-7-11-34)60(106)83-41(23-35-26-73-32-77-35)61(107)80-38(15-17-52(97)98)58(104)87-45(30-91)67(113)114/h5-7,10-11,26,32-33,36-47,54,90-91,115H,4,8-9,12-25,27-31,69H2,1-3H3,(H2,70,92)(H,73,77)(H,75,102)(H,76,112)(H,78,93)(H,79,105)(H,80,107)(H,81,109)(H,82,103)(H,83,106)(H,84,110)(H,85,111)(H,86,108)(H,87,104)(H,88,101)(H,95,96)(H,97,98)(H,99,100)(H,113,114)(H4,71,72,74)/t33-,36-,37-,38-,39-,40-,41-,42-,43-,44-,45-,46-,47-,54-/m0/s1. The molecule has 0 saturated carbocycles. The number of benzene rings is 1. The summed E-state index contributed by atoms with van der Waals surface area (Å²) in [4.78, 5) is 260. The van der Waals surface area contributed by atoms with E-state index in [4.69, 9.17) is 22.6 Å². The minimum absolute atomic E-state index is 0.0185. The van der Waals surface area contributed by atoms with Crippen molar-refractivity contribution in [1.82, 2.24) is 89.3 Å². The highest BCUT2D eigenvalue weighted by molar-refractivity contribution is 7.98. The molecule has 0 spiro atoms. The van der Waals surface area contributed by atoms with Crippen LogP contribution >= 0.6 is 24.4 Å². The molecule has 1 aliphatic heterocycles. The first-order chi connectivity index (χ1) is 54.9. The quantitative estimate of drug-likeness (QED) is 0.0127. The Hall–Kier alpha value is -11.8. The van der Waals surface area contributed by atoms with Crippen molar-refractivity contribution in [3.8, 4) is 0 Å². The SMILES string of the molecule is CC[C@H](C)[C@H](NC(=O)[C@@H](N)CCCNC(=N)N)C(=O)NCC(=O)N1CCC[C@H]1C(=O)N[C@@H](CC(N)=O)C(=O)NCC(=O)N[C@@H](CS)C(=O)N[C@@H](CC(=O)O)C(=O)N[C@@H](CO)C(=O)N[C@@H](CCSC)C(=O)N[C@@H](CCC(=O)O)C(=O)N[C@@H](Cc1ccccc1)C(=O)N[C@@H](Cc1c[nH]cn1)C(=O)N[C@@H](CCC(=O)O)C(=O)N[C@@H](CO)C(=O)O. The molecular weight excluding hydrogens is 1580 g/mol. The van der Waals surface area contributed by atoms with Crippen LogP contribution in [-0.2, 0) is 104 Å². The molecule has 14 atom stereocenters.